The molecular formula is C13H16ClNO3S. The standard InChI is InChI=1S/C13H16ClNO3S/c1-2-3-11(13(17)18)15-12(16)8-19-10-6-4-9(14)5-7-10/h4-7,11H,2-3,8H2,1H3,(H,15,16)(H,17,18)/t11-/m0/s1. The minimum absolute atomic E-state index is 0.190. The fraction of sp³-hybridized carbons (Fsp3) is 0.385. The van der Waals surface area contributed by atoms with Crippen molar-refractivity contribution in [3.8, 4) is 0 Å². The Balaban J connectivity index is 2.42. The minimum atomic E-state index is -0.994. The van der Waals surface area contributed by atoms with Gasteiger partial charge >= 0.3 is 5.97 Å². The van der Waals surface area contributed by atoms with Gasteiger partial charge in [0.1, 0.15) is 6.04 Å². The monoisotopic (exact) mass is 301 g/mol. The molecule has 1 aromatic carbocycles. The van der Waals surface area contributed by atoms with E-state index in [0.717, 1.165) is 4.90 Å². The second-order valence-electron chi connectivity index (χ2n) is 3.99. The van der Waals surface area contributed by atoms with Crippen molar-refractivity contribution in [2.45, 2.75) is 30.7 Å². The molecule has 0 spiro atoms. The molecule has 0 aliphatic heterocycles. The minimum Gasteiger partial charge on any atom is -0.480 e. The number of carbonyl (C=O) groups is 2. The maximum absolute atomic E-state index is 11.7. The Morgan fingerprint density at radius 1 is 1.37 bits per heavy atom. The van der Waals surface area contributed by atoms with Gasteiger partial charge in [0.2, 0.25) is 5.91 Å². The van der Waals surface area contributed by atoms with Crippen molar-refractivity contribution in [1.82, 2.24) is 5.32 Å². The lowest BCUT2D eigenvalue weighted by Crippen LogP contribution is -2.41. The van der Waals surface area contributed by atoms with Crippen molar-refractivity contribution in [3.63, 3.8) is 0 Å². The Hall–Kier alpha value is -1.20. The summed E-state index contributed by atoms with van der Waals surface area (Å²) in [6.45, 7) is 1.88. The lowest BCUT2D eigenvalue weighted by Gasteiger charge is -2.13. The van der Waals surface area contributed by atoms with Gasteiger partial charge < -0.3 is 10.4 Å². The van der Waals surface area contributed by atoms with E-state index in [0.29, 0.717) is 17.9 Å². The van der Waals surface area contributed by atoms with Crippen LogP contribution in [-0.2, 0) is 9.59 Å². The largest absolute Gasteiger partial charge is 0.480 e. The number of carbonyl (C=O) groups excluding carboxylic acids is 1. The van der Waals surface area contributed by atoms with Crippen molar-refractivity contribution in [3.05, 3.63) is 29.3 Å². The number of benzene rings is 1. The summed E-state index contributed by atoms with van der Waals surface area (Å²) < 4.78 is 0. The number of hydrogen-bond donors (Lipinski definition) is 2. The van der Waals surface area contributed by atoms with Crippen molar-refractivity contribution in [2.24, 2.45) is 0 Å². The Morgan fingerprint density at radius 2 is 2.00 bits per heavy atom. The molecule has 0 aliphatic carbocycles. The molecule has 6 heteroatoms. The topological polar surface area (TPSA) is 66.4 Å². The highest BCUT2D eigenvalue weighted by molar-refractivity contribution is 8.00. The fourth-order valence-corrected chi connectivity index (χ4v) is 2.30. The van der Waals surface area contributed by atoms with Crippen LogP contribution in [0.5, 0.6) is 0 Å². The number of halogens is 1. The Labute approximate surface area is 121 Å². The van der Waals surface area contributed by atoms with E-state index in [-0.39, 0.29) is 11.7 Å². The predicted molar refractivity (Wildman–Crippen MR) is 76.7 cm³/mol. The summed E-state index contributed by atoms with van der Waals surface area (Å²) in [5.74, 6) is -1.08. The highest BCUT2D eigenvalue weighted by Crippen LogP contribution is 2.20. The van der Waals surface area contributed by atoms with Gasteiger partial charge in [-0.25, -0.2) is 4.79 Å². The normalized spacial score (nSPS) is 11.9. The molecule has 4 nitrogen and oxygen atoms in total. The zero-order valence-electron chi connectivity index (χ0n) is 10.6. The Morgan fingerprint density at radius 3 is 2.53 bits per heavy atom. The number of rotatable bonds is 7. The molecule has 0 aromatic heterocycles. The second-order valence-corrected chi connectivity index (χ2v) is 5.47. The molecule has 104 valence electrons. The van der Waals surface area contributed by atoms with Crippen molar-refractivity contribution in [1.29, 1.82) is 0 Å². The summed E-state index contributed by atoms with van der Waals surface area (Å²) in [4.78, 5) is 23.5. The van der Waals surface area contributed by atoms with Crippen LogP contribution in [0.3, 0.4) is 0 Å². The van der Waals surface area contributed by atoms with Crippen LogP contribution in [0, 0.1) is 0 Å². The molecular weight excluding hydrogens is 286 g/mol. The number of carboxylic acids is 1. The first kappa shape index (κ1) is 15.9. The van der Waals surface area contributed by atoms with E-state index in [9.17, 15) is 9.59 Å². The first-order valence-corrected chi connectivity index (χ1v) is 7.29. The number of hydrogen-bond acceptors (Lipinski definition) is 3. The van der Waals surface area contributed by atoms with Crippen LogP contribution >= 0.6 is 23.4 Å². The van der Waals surface area contributed by atoms with Gasteiger partial charge in [0.05, 0.1) is 5.75 Å². The van der Waals surface area contributed by atoms with Crippen molar-refractivity contribution < 1.29 is 14.7 Å². The van der Waals surface area contributed by atoms with Crippen molar-refractivity contribution >= 4 is 35.2 Å². The third-order valence-electron chi connectivity index (χ3n) is 2.39. The number of carboxylic acid groups (broad SMARTS) is 1. The number of aliphatic carboxylic acids is 1. The van der Waals surface area contributed by atoms with Crippen LogP contribution in [0.2, 0.25) is 5.02 Å². The molecule has 1 rings (SSSR count). The number of thioether (sulfide) groups is 1. The van der Waals surface area contributed by atoms with Gasteiger partial charge in [-0.1, -0.05) is 24.9 Å². The summed E-state index contributed by atoms with van der Waals surface area (Å²) in [5.41, 5.74) is 0. The van der Waals surface area contributed by atoms with Gasteiger partial charge in [-0.3, -0.25) is 4.79 Å². The van der Waals surface area contributed by atoms with E-state index in [4.69, 9.17) is 16.7 Å². The van der Waals surface area contributed by atoms with Gasteiger partial charge in [0, 0.05) is 9.92 Å². The summed E-state index contributed by atoms with van der Waals surface area (Å²) in [5, 5.41) is 12.1. The quantitative estimate of drug-likeness (QED) is 0.760. The van der Waals surface area contributed by atoms with E-state index >= 15 is 0 Å². The smallest absolute Gasteiger partial charge is 0.326 e. The molecule has 0 saturated heterocycles. The summed E-state index contributed by atoms with van der Waals surface area (Å²) >= 11 is 7.10. The summed E-state index contributed by atoms with van der Waals surface area (Å²) in [7, 11) is 0. The number of nitrogens with one attached hydrogen (secondary N) is 1. The van der Waals surface area contributed by atoms with Gasteiger partial charge in [-0.2, -0.15) is 0 Å². The predicted octanol–water partition coefficient (Wildman–Crippen LogP) is 2.80. The molecule has 0 bridgehead atoms. The summed E-state index contributed by atoms with van der Waals surface area (Å²) in [6, 6.07) is 6.34. The molecule has 0 unspecified atom stereocenters. The third-order valence-corrected chi connectivity index (χ3v) is 3.66. The molecule has 0 fully saturated rings. The number of amides is 1. The molecule has 19 heavy (non-hydrogen) atoms. The highest BCUT2D eigenvalue weighted by Gasteiger charge is 2.18. The average Bonchev–Trinajstić information content (AvgIpc) is 2.37. The Kier molecular flexibility index (Phi) is 6.73. The maximum Gasteiger partial charge on any atom is 0.326 e. The summed E-state index contributed by atoms with van der Waals surface area (Å²) in [6.07, 6.45) is 1.15. The second kappa shape index (κ2) is 8.07. The molecule has 1 atom stereocenters. The van der Waals surface area contributed by atoms with E-state index in [1.807, 2.05) is 19.1 Å². The Bertz CT molecular complexity index is 436. The van der Waals surface area contributed by atoms with Crippen molar-refractivity contribution in [2.75, 3.05) is 5.75 Å². The lowest BCUT2D eigenvalue weighted by atomic mass is 10.2. The highest BCUT2D eigenvalue weighted by atomic mass is 35.5. The van der Waals surface area contributed by atoms with Crippen LogP contribution in [0.15, 0.2) is 29.2 Å². The SMILES string of the molecule is CCC[C@H](NC(=O)CSc1ccc(Cl)cc1)C(=O)O. The fourth-order valence-electron chi connectivity index (χ4n) is 1.46. The third kappa shape index (κ3) is 5.98. The molecule has 0 radical (unpaired) electrons. The van der Waals surface area contributed by atoms with E-state index < -0.39 is 12.0 Å². The average molecular weight is 302 g/mol. The lowest BCUT2D eigenvalue weighted by molar-refractivity contribution is -0.141. The molecule has 0 heterocycles. The van der Waals surface area contributed by atoms with Crippen LogP contribution in [0.25, 0.3) is 0 Å². The van der Waals surface area contributed by atoms with Gasteiger partial charge in [0.15, 0.2) is 0 Å². The zero-order valence-corrected chi connectivity index (χ0v) is 12.1. The van der Waals surface area contributed by atoms with E-state index in [1.54, 1.807) is 12.1 Å². The van der Waals surface area contributed by atoms with E-state index in [2.05, 4.69) is 5.32 Å². The van der Waals surface area contributed by atoms with Gasteiger partial charge in [0.25, 0.3) is 0 Å². The van der Waals surface area contributed by atoms with Gasteiger partial charge in [-0.05, 0) is 30.7 Å². The van der Waals surface area contributed by atoms with Gasteiger partial charge in [-0.15, -0.1) is 11.8 Å². The first-order valence-electron chi connectivity index (χ1n) is 5.93. The van der Waals surface area contributed by atoms with Crippen LogP contribution in [0.1, 0.15) is 19.8 Å². The first-order chi connectivity index (χ1) is 9.02. The molecule has 0 aliphatic rings. The molecule has 0 saturated carbocycles. The maximum atomic E-state index is 11.7. The molecule has 1 aromatic rings. The van der Waals surface area contributed by atoms with Crippen LogP contribution in [-0.4, -0.2) is 28.8 Å². The van der Waals surface area contributed by atoms with Crippen LogP contribution in [0.4, 0.5) is 0 Å². The molecule has 2 N–H and O–H groups in total. The molecule has 1 amide bonds. The zero-order chi connectivity index (χ0) is 14.3. The van der Waals surface area contributed by atoms with Crippen LogP contribution < -0.4 is 5.32 Å². The van der Waals surface area contributed by atoms with E-state index in [1.165, 1.54) is 11.8 Å².